The molecule has 12 rings (SSSR count). The van der Waals surface area contributed by atoms with Gasteiger partial charge in [-0.2, -0.15) is 5.26 Å². The summed E-state index contributed by atoms with van der Waals surface area (Å²) >= 11 is 0. The highest BCUT2D eigenvalue weighted by Gasteiger charge is 2.22. The van der Waals surface area contributed by atoms with E-state index >= 15 is 0 Å². The average molecular weight is 804 g/mol. The van der Waals surface area contributed by atoms with Crippen LogP contribution >= 0.6 is 0 Å². The van der Waals surface area contributed by atoms with Crippen molar-refractivity contribution in [2.24, 2.45) is 0 Å². The predicted octanol–water partition coefficient (Wildman–Crippen LogP) is 15.4. The molecule has 0 N–H and O–H groups in total. The summed E-state index contributed by atoms with van der Waals surface area (Å²) in [6, 6.07) is 69.1. The third-order valence-corrected chi connectivity index (χ3v) is 12.7. The second-order valence-corrected chi connectivity index (χ2v) is 16.5. The molecule has 9 aromatic carbocycles. The van der Waals surface area contributed by atoms with Crippen molar-refractivity contribution >= 4 is 71.1 Å². The molecule has 0 radical (unpaired) electrons. The lowest BCUT2D eigenvalue weighted by atomic mass is 9.93. The molecule has 0 fully saturated rings. The highest BCUT2D eigenvalue weighted by atomic mass is 15.0. The Balaban J connectivity index is 1.12. The van der Waals surface area contributed by atoms with E-state index in [0.29, 0.717) is 11.3 Å². The number of benzene rings is 9. The van der Waals surface area contributed by atoms with Gasteiger partial charge in [-0.3, -0.25) is 0 Å². The van der Waals surface area contributed by atoms with Gasteiger partial charge >= 0.3 is 0 Å². The summed E-state index contributed by atoms with van der Waals surface area (Å²) in [4.78, 5) is 3.90. The molecule has 63 heavy (non-hydrogen) atoms. The van der Waals surface area contributed by atoms with E-state index in [1.54, 1.807) is 0 Å². The molecule has 294 valence electrons. The minimum absolute atomic E-state index is 0.565. The Morgan fingerprint density at radius 3 is 1.60 bits per heavy atom. The zero-order valence-electron chi connectivity index (χ0n) is 34.6. The maximum atomic E-state index is 11.2. The van der Waals surface area contributed by atoms with E-state index in [2.05, 4.69) is 184 Å². The zero-order chi connectivity index (χ0) is 42.3. The second-order valence-electron chi connectivity index (χ2n) is 16.5. The van der Waals surface area contributed by atoms with Gasteiger partial charge in [-0.1, -0.05) is 126 Å². The van der Waals surface area contributed by atoms with Crippen LogP contribution in [-0.4, -0.2) is 13.7 Å². The number of hydrogen-bond donors (Lipinski definition) is 0. The maximum absolute atomic E-state index is 11.2. The number of hydrogen-bond acceptors (Lipinski definition) is 1. The highest BCUT2D eigenvalue weighted by Crippen LogP contribution is 2.42. The van der Waals surface area contributed by atoms with Crippen LogP contribution in [0, 0.1) is 31.8 Å². The first kappa shape index (κ1) is 36.2. The van der Waals surface area contributed by atoms with Crippen molar-refractivity contribution in [2.75, 3.05) is 0 Å². The average Bonchev–Trinajstić information content (AvgIpc) is 3.96. The van der Waals surface area contributed by atoms with Crippen molar-refractivity contribution in [3.05, 3.63) is 216 Å². The molecule has 3 aromatic heterocycles. The summed E-state index contributed by atoms with van der Waals surface area (Å²) in [6.07, 6.45) is 0. The van der Waals surface area contributed by atoms with Crippen molar-refractivity contribution in [1.29, 1.82) is 5.26 Å². The molecule has 0 aliphatic carbocycles. The van der Waals surface area contributed by atoms with Gasteiger partial charge in [-0.05, 0) is 109 Å². The standard InChI is InChI=1S/C58H37N5/c1-36-28-37(2)30-38(29-36)39-31-40(43-18-12-24-55(49(43)35-59)63-54-23-11-7-17-47(54)58-50(60-3)19-13-25-57(58)63)33-42(32-39)62-53-22-10-6-16-46(53)48-34-41(26-27-56(48)62)61-51-20-8-4-14-44(51)45-15-5-9-21-52(45)61/h4-34H,1-2H3. The van der Waals surface area contributed by atoms with Crippen LogP contribution in [0.1, 0.15) is 16.7 Å². The first-order valence-corrected chi connectivity index (χ1v) is 21.2. The first-order chi connectivity index (χ1) is 31.0. The van der Waals surface area contributed by atoms with Crippen LogP contribution in [0.25, 0.3) is 110 Å². The SMILES string of the molecule is [C-]#[N+]c1cccc2c1c1ccccc1n2-c1cccc(-c2cc(-c3cc(C)cc(C)c3)cc(-n3c4ccccc4c4cc(-n5c6ccccc6c6ccccc65)ccc43)c2)c1C#N. The molecule has 5 nitrogen and oxygen atoms in total. The Hall–Kier alpha value is -8.64. The fraction of sp³-hybridized carbons (Fsp3) is 0.0345. The van der Waals surface area contributed by atoms with Crippen molar-refractivity contribution < 1.29 is 0 Å². The lowest BCUT2D eigenvalue weighted by molar-refractivity contribution is 1.16. The number of rotatable bonds is 5. The minimum atomic E-state index is 0.565. The van der Waals surface area contributed by atoms with Crippen molar-refractivity contribution in [3.63, 3.8) is 0 Å². The van der Waals surface area contributed by atoms with E-state index in [-0.39, 0.29) is 0 Å². The summed E-state index contributed by atoms with van der Waals surface area (Å²) in [5, 5.41) is 17.9. The topological polar surface area (TPSA) is 42.9 Å². The quantitative estimate of drug-likeness (QED) is 0.160. The second kappa shape index (κ2) is 14.0. The smallest absolute Gasteiger partial charge is 0.197 e. The Morgan fingerprint density at radius 2 is 0.952 bits per heavy atom. The molecule has 3 heterocycles. The number of nitriles is 1. The largest absolute Gasteiger partial charge is 0.309 e. The van der Waals surface area contributed by atoms with E-state index in [4.69, 9.17) is 6.57 Å². The van der Waals surface area contributed by atoms with Gasteiger partial charge in [-0.25, -0.2) is 4.85 Å². The summed E-state index contributed by atoms with van der Waals surface area (Å²) < 4.78 is 6.91. The summed E-state index contributed by atoms with van der Waals surface area (Å²) in [5.41, 5.74) is 16.8. The van der Waals surface area contributed by atoms with Crippen LogP contribution in [0.4, 0.5) is 5.69 Å². The van der Waals surface area contributed by atoms with Gasteiger partial charge < -0.3 is 13.7 Å². The van der Waals surface area contributed by atoms with Crippen LogP contribution in [0.3, 0.4) is 0 Å². The summed E-state index contributed by atoms with van der Waals surface area (Å²) in [6.45, 7) is 12.3. The Bertz CT molecular complexity index is 3900. The molecule has 0 aliphatic rings. The minimum Gasteiger partial charge on any atom is -0.309 e. The van der Waals surface area contributed by atoms with Crippen LogP contribution in [0.5, 0.6) is 0 Å². The van der Waals surface area contributed by atoms with Crippen molar-refractivity contribution in [1.82, 2.24) is 13.7 Å². The molecule has 0 aliphatic heterocycles. The van der Waals surface area contributed by atoms with Crippen molar-refractivity contribution in [2.45, 2.75) is 13.8 Å². The number of aryl methyl sites for hydroxylation is 2. The lowest BCUT2D eigenvalue weighted by Crippen LogP contribution is -2.01. The molecule has 0 spiro atoms. The predicted molar refractivity (Wildman–Crippen MR) is 261 cm³/mol. The molecular weight excluding hydrogens is 767 g/mol. The van der Waals surface area contributed by atoms with E-state index in [1.807, 2.05) is 42.5 Å². The Kier molecular flexibility index (Phi) is 8.03. The molecule has 5 heteroatoms. The van der Waals surface area contributed by atoms with Gasteiger partial charge in [0.2, 0.25) is 0 Å². The van der Waals surface area contributed by atoms with E-state index in [1.165, 1.54) is 38.3 Å². The van der Waals surface area contributed by atoms with E-state index in [9.17, 15) is 5.26 Å². The molecule has 12 aromatic rings. The molecule has 0 atom stereocenters. The Morgan fingerprint density at radius 1 is 0.429 bits per heavy atom. The molecule has 0 saturated heterocycles. The van der Waals surface area contributed by atoms with Crippen molar-refractivity contribution in [3.8, 4) is 45.4 Å². The first-order valence-electron chi connectivity index (χ1n) is 21.2. The molecular formula is C58H37N5. The van der Waals surface area contributed by atoms with E-state index < -0.39 is 0 Å². The van der Waals surface area contributed by atoms with E-state index in [0.717, 1.165) is 77.5 Å². The monoisotopic (exact) mass is 803 g/mol. The van der Waals surface area contributed by atoms with Crippen LogP contribution in [0.15, 0.2) is 188 Å². The zero-order valence-corrected chi connectivity index (χ0v) is 34.6. The normalized spacial score (nSPS) is 11.6. The molecule has 0 unspecified atom stereocenters. The Labute approximate surface area is 364 Å². The van der Waals surface area contributed by atoms with Crippen LogP contribution < -0.4 is 0 Å². The number of nitrogens with zero attached hydrogens (tertiary/aromatic N) is 5. The summed E-state index contributed by atoms with van der Waals surface area (Å²) in [7, 11) is 0. The fourth-order valence-electron chi connectivity index (χ4n) is 10.2. The van der Waals surface area contributed by atoms with Gasteiger partial charge in [0.15, 0.2) is 5.69 Å². The maximum Gasteiger partial charge on any atom is 0.197 e. The van der Waals surface area contributed by atoms with Gasteiger partial charge in [0.25, 0.3) is 0 Å². The summed E-state index contributed by atoms with van der Waals surface area (Å²) in [5.74, 6) is 0. The van der Waals surface area contributed by atoms with Crippen LogP contribution in [-0.2, 0) is 0 Å². The fourth-order valence-corrected chi connectivity index (χ4v) is 10.2. The molecule has 0 bridgehead atoms. The van der Waals surface area contributed by atoms with Crippen LogP contribution in [0.2, 0.25) is 0 Å². The number of fused-ring (bicyclic) bond motifs is 9. The molecule has 0 amide bonds. The van der Waals surface area contributed by atoms with Gasteiger partial charge in [-0.15, -0.1) is 0 Å². The third-order valence-electron chi connectivity index (χ3n) is 12.7. The third kappa shape index (κ3) is 5.47. The van der Waals surface area contributed by atoms with Gasteiger partial charge in [0.1, 0.15) is 6.07 Å². The number of para-hydroxylation sites is 4. The van der Waals surface area contributed by atoms with Gasteiger partial charge in [0.05, 0.1) is 45.4 Å². The molecule has 0 saturated carbocycles. The van der Waals surface area contributed by atoms with Gasteiger partial charge in [0, 0.05) is 49.4 Å². The highest BCUT2D eigenvalue weighted by molar-refractivity contribution is 6.16. The number of aromatic nitrogens is 3. The lowest BCUT2D eigenvalue weighted by Gasteiger charge is -2.17.